The van der Waals surface area contributed by atoms with E-state index in [0.717, 1.165) is 12.1 Å². The van der Waals surface area contributed by atoms with Crippen LogP contribution in [-0.2, 0) is 6.54 Å². The molecule has 2 aromatic rings. The number of benzene rings is 2. The molecule has 0 aromatic heterocycles. The topological polar surface area (TPSA) is 64.3 Å². The van der Waals surface area contributed by atoms with Crippen molar-refractivity contribution in [1.29, 1.82) is 0 Å². The Kier molecular flexibility index (Phi) is 4.61. The van der Waals surface area contributed by atoms with Crippen molar-refractivity contribution in [1.82, 2.24) is 5.32 Å². The minimum absolute atomic E-state index is 0.188. The SMILES string of the molecule is CNCc1ccc(Oc2cccc(Cl)c2C(N)=O)cc1. The van der Waals surface area contributed by atoms with Gasteiger partial charge in [0, 0.05) is 6.54 Å². The number of hydrogen-bond donors (Lipinski definition) is 2. The van der Waals surface area contributed by atoms with E-state index in [1.807, 2.05) is 31.3 Å². The molecule has 2 rings (SSSR count). The standard InChI is InChI=1S/C15H15ClN2O2/c1-18-9-10-5-7-11(8-6-10)20-13-4-2-3-12(16)14(13)15(17)19/h2-8,18H,9H2,1H3,(H2,17,19). The van der Waals surface area contributed by atoms with E-state index >= 15 is 0 Å². The Bertz CT molecular complexity index is 612. The minimum Gasteiger partial charge on any atom is -0.456 e. The molecular weight excluding hydrogens is 276 g/mol. The van der Waals surface area contributed by atoms with Crippen molar-refractivity contribution in [3.63, 3.8) is 0 Å². The van der Waals surface area contributed by atoms with Crippen LogP contribution in [0, 0.1) is 0 Å². The fourth-order valence-corrected chi connectivity index (χ4v) is 2.09. The van der Waals surface area contributed by atoms with Gasteiger partial charge in [-0.3, -0.25) is 4.79 Å². The van der Waals surface area contributed by atoms with Crippen molar-refractivity contribution in [2.75, 3.05) is 7.05 Å². The van der Waals surface area contributed by atoms with Crippen LogP contribution in [0.4, 0.5) is 0 Å². The number of halogens is 1. The van der Waals surface area contributed by atoms with Crippen LogP contribution < -0.4 is 15.8 Å². The molecule has 0 aliphatic heterocycles. The van der Waals surface area contributed by atoms with Gasteiger partial charge in [0.15, 0.2) is 0 Å². The first-order valence-electron chi connectivity index (χ1n) is 6.11. The van der Waals surface area contributed by atoms with Gasteiger partial charge in [-0.15, -0.1) is 0 Å². The normalized spacial score (nSPS) is 10.3. The Labute approximate surface area is 122 Å². The summed E-state index contributed by atoms with van der Waals surface area (Å²) in [6, 6.07) is 12.5. The largest absolute Gasteiger partial charge is 0.456 e. The van der Waals surface area contributed by atoms with Gasteiger partial charge in [-0.25, -0.2) is 0 Å². The first-order valence-corrected chi connectivity index (χ1v) is 6.49. The molecule has 0 unspecified atom stereocenters. The Hall–Kier alpha value is -2.04. The molecule has 0 bridgehead atoms. The molecule has 20 heavy (non-hydrogen) atoms. The second-order valence-electron chi connectivity index (χ2n) is 4.25. The van der Waals surface area contributed by atoms with Gasteiger partial charge in [-0.1, -0.05) is 29.8 Å². The molecule has 0 saturated heterocycles. The Balaban J connectivity index is 2.26. The highest BCUT2D eigenvalue weighted by Gasteiger charge is 2.14. The zero-order valence-corrected chi connectivity index (χ0v) is 11.8. The summed E-state index contributed by atoms with van der Waals surface area (Å²) in [6.07, 6.45) is 0. The third-order valence-corrected chi connectivity index (χ3v) is 3.07. The van der Waals surface area contributed by atoms with Crippen molar-refractivity contribution in [2.45, 2.75) is 6.54 Å². The quantitative estimate of drug-likeness (QED) is 0.890. The van der Waals surface area contributed by atoms with Gasteiger partial charge in [-0.05, 0) is 36.9 Å². The summed E-state index contributed by atoms with van der Waals surface area (Å²) in [7, 11) is 1.88. The number of primary amides is 1. The van der Waals surface area contributed by atoms with Crippen LogP contribution in [0.2, 0.25) is 5.02 Å². The van der Waals surface area contributed by atoms with Crippen LogP contribution in [0.15, 0.2) is 42.5 Å². The first kappa shape index (κ1) is 14.4. The van der Waals surface area contributed by atoms with Gasteiger partial charge in [0.05, 0.1) is 5.02 Å². The van der Waals surface area contributed by atoms with Crippen molar-refractivity contribution in [3.8, 4) is 11.5 Å². The average Bonchev–Trinajstić information content (AvgIpc) is 2.41. The molecule has 3 N–H and O–H groups in total. The second kappa shape index (κ2) is 6.41. The molecule has 0 aliphatic rings. The van der Waals surface area contributed by atoms with Crippen LogP contribution in [0.25, 0.3) is 0 Å². The number of amides is 1. The fourth-order valence-electron chi connectivity index (χ4n) is 1.83. The van der Waals surface area contributed by atoms with E-state index in [4.69, 9.17) is 22.1 Å². The molecule has 0 heterocycles. The highest BCUT2D eigenvalue weighted by atomic mass is 35.5. The summed E-state index contributed by atoms with van der Waals surface area (Å²) in [4.78, 5) is 11.4. The molecule has 2 aromatic carbocycles. The molecule has 1 amide bonds. The van der Waals surface area contributed by atoms with Crippen molar-refractivity contribution < 1.29 is 9.53 Å². The van der Waals surface area contributed by atoms with Gasteiger partial charge < -0.3 is 15.8 Å². The lowest BCUT2D eigenvalue weighted by atomic mass is 10.2. The molecule has 0 radical (unpaired) electrons. The van der Waals surface area contributed by atoms with Crippen LogP contribution in [0.1, 0.15) is 15.9 Å². The summed E-state index contributed by atoms with van der Waals surface area (Å²) in [5, 5.41) is 3.34. The van der Waals surface area contributed by atoms with Crippen molar-refractivity contribution >= 4 is 17.5 Å². The highest BCUT2D eigenvalue weighted by Crippen LogP contribution is 2.30. The lowest BCUT2D eigenvalue weighted by molar-refractivity contribution is 0.0998. The zero-order valence-electron chi connectivity index (χ0n) is 11.0. The molecule has 4 nitrogen and oxygen atoms in total. The minimum atomic E-state index is -0.614. The van der Waals surface area contributed by atoms with Gasteiger partial charge in [0.2, 0.25) is 0 Å². The van der Waals surface area contributed by atoms with Crippen LogP contribution in [0.3, 0.4) is 0 Å². The maximum atomic E-state index is 11.4. The van der Waals surface area contributed by atoms with Gasteiger partial charge in [-0.2, -0.15) is 0 Å². The Morgan fingerprint density at radius 2 is 1.95 bits per heavy atom. The fraction of sp³-hybridized carbons (Fsp3) is 0.133. The number of rotatable bonds is 5. The molecule has 5 heteroatoms. The van der Waals surface area contributed by atoms with E-state index in [2.05, 4.69) is 5.32 Å². The second-order valence-corrected chi connectivity index (χ2v) is 4.66. The molecule has 0 fully saturated rings. The molecular formula is C15H15ClN2O2. The maximum absolute atomic E-state index is 11.4. The van der Waals surface area contributed by atoms with Gasteiger partial charge in [0.25, 0.3) is 5.91 Å². The van der Waals surface area contributed by atoms with Gasteiger partial charge in [0.1, 0.15) is 17.1 Å². The van der Waals surface area contributed by atoms with E-state index in [0.29, 0.717) is 11.5 Å². The Morgan fingerprint density at radius 3 is 2.55 bits per heavy atom. The zero-order chi connectivity index (χ0) is 14.5. The predicted molar refractivity (Wildman–Crippen MR) is 79.2 cm³/mol. The predicted octanol–water partition coefficient (Wildman–Crippen LogP) is 2.95. The summed E-state index contributed by atoms with van der Waals surface area (Å²) in [6.45, 7) is 0.782. The lowest BCUT2D eigenvalue weighted by Gasteiger charge is -2.11. The third-order valence-electron chi connectivity index (χ3n) is 2.75. The Morgan fingerprint density at radius 1 is 1.25 bits per heavy atom. The van der Waals surface area contributed by atoms with Crippen molar-refractivity contribution in [3.05, 3.63) is 58.6 Å². The monoisotopic (exact) mass is 290 g/mol. The summed E-state index contributed by atoms with van der Waals surface area (Å²) >= 11 is 5.97. The smallest absolute Gasteiger partial charge is 0.254 e. The molecule has 0 saturated carbocycles. The van der Waals surface area contributed by atoms with E-state index in [1.165, 1.54) is 0 Å². The number of carbonyl (C=O) groups is 1. The van der Waals surface area contributed by atoms with Crippen LogP contribution >= 0.6 is 11.6 Å². The van der Waals surface area contributed by atoms with E-state index < -0.39 is 5.91 Å². The highest BCUT2D eigenvalue weighted by molar-refractivity contribution is 6.34. The molecule has 0 atom stereocenters. The maximum Gasteiger partial charge on any atom is 0.254 e. The van der Waals surface area contributed by atoms with Crippen molar-refractivity contribution in [2.24, 2.45) is 5.73 Å². The third kappa shape index (κ3) is 3.29. The number of hydrogen-bond acceptors (Lipinski definition) is 3. The van der Waals surface area contributed by atoms with E-state index in [-0.39, 0.29) is 10.6 Å². The number of nitrogens with two attached hydrogens (primary N) is 1. The first-order chi connectivity index (χ1) is 9.61. The van der Waals surface area contributed by atoms with Crippen LogP contribution in [-0.4, -0.2) is 13.0 Å². The molecule has 104 valence electrons. The average molecular weight is 291 g/mol. The summed E-state index contributed by atoms with van der Waals surface area (Å²) < 4.78 is 5.68. The van der Waals surface area contributed by atoms with Gasteiger partial charge >= 0.3 is 0 Å². The number of ether oxygens (including phenoxy) is 1. The molecule has 0 spiro atoms. The van der Waals surface area contributed by atoms with E-state index in [1.54, 1.807) is 18.2 Å². The molecule has 0 aliphatic carbocycles. The lowest BCUT2D eigenvalue weighted by Crippen LogP contribution is -2.13. The van der Waals surface area contributed by atoms with E-state index in [9.17, 15) is 4.79 Å². The summed E-state index contributed by atoms with van der Waals surface area (Å²) in [5.41, 5.74) is 6.65. The number of carbonyl (C=O) groups excluding carboxylic acids is 1. The van der Waals surface area contributed by atoms with Crippen LogP contribution in [0.5, 0.6) is 11.5 Å². The summed E-state index contributed by atoms with van der Waals surface area (Å²) in [5.74, 6) is 0.360. The number of nitrogens with one attached hydrogen (secondary N) is 1.